The Labute approximate surface area is 219 Å². The highest BCUT2D eigenvalue weighted by Gasteiger charge is 2.27. The molecule has 0 radical (unpaired) electrons. The number of anilines is 3. The molecule has 176 valence electrons. The van der Waals surface area contributed by atoms with Crippen LogP contribution in [0.3, 0.4) is 0 Å². The summed E-state index contributed by atoms with van der Waals surface area (Å²) in [6, 6.07) is 42.7. The number of rotatable bonds is 2. The summed E-state index contributed by atoms with van der Waals surface area (Å²) in [6.45, 7) is 0. The predicted octanol–water partition coefficient (Wildman–Crippen LogP) is 8.98. The molecule has 38 heavy (non-hydrogen) atoms. The molecule has 0 fully saturated rings. The van der Waals surface area contributed by atoms with Crippen LogP contribution in [0.2, 0.25) is 0 Å². The van der Waals surface area contributed by atoms with Crippen molar-refractivity contribution in [2.45, 2.75) is 0 Å². The Balaban J connectivity index is 1.54. The second-order valence-electron chi connectivity index (χ2n) is 9.17. The van der Waals surface area contributed by atoms with Gasteiger partial charge in [-0.1, -0.05) is 78.9 Å². The summed E-state index contributed by atoms with van der Waals surface area (Å²) in [5, 5.41) is 23.7. The molecule has 6 aromatic carbocycles. The van der Waals surface area contributed by atoms with Crippen molar-refractivity contribution in [2.24, 2.45) is 0 Å². The molecule has 4 heteroatoms. The minimum Gasteiger partial charge on any atom is -0.453 e. The maximum atomic E-state index is 10.1. The zero-order valence-electron chi connectivity index (χ0n) is 20.2. The molecule has 0 saturated heterocycles. The number of benzene rings is 6. The SMILES string of the molecule is N#Cc1cc(C#N)c2ccccc2c1-c1cccc2c(N3c4ccccc4Oc4ccccc43)cccc12. The number of hydrogen-bond donors (Lipinski definition) is 0. The number of ether oxygens (including phenoxy) is 1. The summed E-state index contributed by atoms with van der Waals surface area (Å²) >= 11 is 0. The first kappa shape index (κ1) is 21.7. The molecule has 0 atom stereocenters. The molecule has 0 N–H and O–H groups in total. The Hall–Kier alpha value is -5.58. The number of nitriles is 2. The average Bonchev–Trinajstić information content (AvgIpc) is 2.98. The monoisotopic (exact) mass is 485 g/mol. The average molecular weight is 486 g/mol. The number of fused-ring (bicyclic) bond motifs is 4. The van der Waals surface area contributed by atoms with Gasteiger partial charge in [-0.15, -0.1) is 0 Å². The van der Waals surface area contributed by atoms with Gasteiger partial charge in [0.2, 0.25) is 0 Å². The van der Waals surface area contributed by atoms with Crippen LogP contribution >= 0.6 is 0 Å². The molecule has 1 aliphatic rings. The van der Waals surface area contributed by atoms with E-state index in [2.05, 4.69) is 59.5 Å². The van der Waals surface area contributed by atoms with Crippen LogP contribution in [-0.2, 0) is 0 Å². The minimum absolute atomic E-state index is 0.486. The van der Waals surface area contributed by atoms with Gasteiger partial charge in [0.25, 0.3) is 0 Å². The van der Waals surface area contributed by atoms with Gasteiger partial charge in [0.1, 0.15) is 0 Å². The molecule has 0 unspecified atom stereocenters. The Morgan fingerprint density at radius 3 is 1.76 bits per heavy atom. The summed E-state index contributed by atoms with van der Waals surface area (Å²) in [4.78, 5) is 2.24. The molecule has 1 heterocycles. The molecule has 0 bridgehead atoms. The minimum atomic E-state index is 0.486. The summed E-state index contributed by atoms with van der Waals surface area (Å²) in [5.41, 5.74) is 5.73. The van der Waals surface area contributed by atoms with Crippen molar-refractivity contribution in [3.63, 3.8) is 0 Å². The van der Waals surface area contributed by atoms with E-state index in [0.29, 0.717) is 11.1 Å². The molecule has 0 aliphatic carbocycles. The fourth-order valence-corrected chi connectivity index (χ4v) is 5.52. The molecule has 6 aromatic rings. The molecule has 0 amide bonds. The Morgan fingerprint density at radius 2 is 1.05 bits per heavy atom. The van der Waals surface area contributed by atoms with Gasteiger partial charge in [0, 0.05) is 16.3 Å². The Kier molecular flexibility index (Phi) is 4.86. The third kappa shape index (κ3) is 3.15. The normalized spacial score (nSPS) is 11.8. The quantitative estimate of drug-likeness (QED) is 0.245. The smallest absolute Gasteiger partial charge is 0.151 e. The van der Waals surface area contributed by atoms with Crippen molar-refractivity contribution in [1.82, 2.24) is 0 Å². The van der Waals surface area contributed by atoms with Crippen LogP contribution in [0.1, 0.15) is 11.1 Å². The van der Waals surface area contributed by atoms with E-state index in [1.165, 1.54) is 0 Å². The third-order valence-corrected chi connectivity index (χ3v) is 7.13. The van der Waals surface area contributed by atoms with Gasteiger partial charge in [-0.25, -0.2) is 0 Å². The van der Waals surface area contributed by atoms with E-state index >= 15 is 0 Å². The standard InChI is InChI=1S/C34H19N3O/c35-20-22-19-23(21-36)34(27-10-2-1-9-24(22)27)28-13-7-12-26-25(28)11-8-16-29(26)37-30-14-3-5-17-32(30)38-33-18-6-4-15-31(33)37/h1-19H. The van der Waals surface area contributed by atoms with E-state index in [4.69, 9.17) is 4.74 Å². The molecular formula is C34H19N3O. The fraction of sp³-hybridized carbons (Fsp3) is 0. The van der Waals surface area contributed by atoms with Gasteiger partial charge in [0.15, 0.2) is 11.5 Å². The van der Waals surface area contributed by atoms with E-state index in [-0.39, 0.29) is 0 Å². The van der Waals surface area contributed by atoms with Crippen LogP contribution in [0.25, 0.3) is 32.7 Å². The first-order valence-corrected chi connectivity index (χ1v) is 12.3. The second kappa shape index (κ2) is 8.52. The predicted molar refractivity (Wildman–Crippen MR) is 151 cm³/mol. The van der Waals surface area contributed by atoms with Gasteiger partial charge in [-0.3, -0.25) is 0 Å². The van der Waals surface area contributed by atoms with Crippen LogP contribution in [0, 0.1) is 22.7 Å². The summed E-state index contributed by atoms with van der Waals surface area (Å²) in [6.07, 6.45) is 0. The lowest BCUT2D eigenvalue weighted by molar-refractivity contribution is 0.477. The van der Waals surface area contributed by atoms with E-state index in [1.807, 2.05) is 66.7 Å². The topological polar surface area (TPSA) is 60.0 Å². The van der Waals surface area contributed by atoms with E-state index in [1.54, 1.807) is 6.07 Å². The lowest BCUT2D eigenvalue weighted by Gasteiger charge is -2.33. The maximum Gasteiger partial charge on any atom is 0.151 e. The molecule has 0 saturated carbocycles. The lowest BCUT2D eigenvalue weighted by Crippen LogP contribution is -2.16. The molecular weight excluding hydrogens is 466 g/mol. The van der Waals surface area contributed by atoms with Crippen LogP contribution in [0.15, 0.2) is 115 Å². The highest BCUT2D eigenvalue weighted by Crippen LogP contribution is 2.52. The highest BCUT2D eigenvalue weighted by molar-refractivity contribution is 6.12. The number of nitrogens with zero attached hydrogens (tertiary/aromatic N) is 3. The Bertz CT molecular complexity index is 1950. The van der Waals surface area contributed by atoms with Crippen molar-refractivity contribution in [1.29, 1.82) is 10.5 Å². The highest BCUT2D eigenvalue weighted by atomic mass is 16.5. The summed E-state index contributed by atoms with van der Waals surface area (Å²) < 4.78 is 6.23. The summed E-state index contributed by atoms with van der Waals surface area (Å²) in [5.74, 6) is 1.59. The van der Waals surface area contributed by atoms with Crippen molar-refractivity contribution < 1.29 is 4.74 Å². The second-order valence-corrected chi connectivity index (χ2v) is 9.17. The van der Waals surface area contributed by atoms with E-state index < -0.39 is 0 Å². The summed E-state index contributed by atoms with van der Waals surface area (Å²) in [7, 11) is 0. The lowest BCUT2D eigenvalue weighted by atomic mass is 9.88. The largest absolute Gasteiger partial charge is 0.453 e. The van der Waals surface area contributed by atoms with Crippen LogP contribution < -0.4 is 9.64 Å². The van der Waals surface area contributed by atoms with Gasteiger partial charge in [0.05, 0.1) is 40.3 Å². The molecule has 7 rings (SSSR count). The van der Waals surface area contributed by atoms with Gasteiger partial charge >= 0.3 is 0 Å². The van der Waals surface area contributed by atoms with Crippen molar-refractivity contribution in [2.75, 3.05) is 4.90 Å². The molecule has 1 aliphatic heterocycles. The van der Waals surface area contributed by atoms with Gasteiger partial charge in [-0.2, -0.15) is 10.5 Å². The van der Waals surface area contributed by atoms with E-state index in [0.717, 1.165) is 61.2 Å². The van der Waals surface area contributed by atoms with Crippen molar-refractivity contribution >= 4 is 38.6 Å². The first-order valence-electron chi connectivity index (χ1n) is 12.3. The van der Waals surface area contributed by atoms with Gasteiger partial charge < -0.3 is 9.64 Å². The van der Waals surface area contributed by atoms with Crippen LogP contribution in [-0.4, -0.2) is 0 Å². The van der Waals surface area contributed by atoms with Crippen LogP contribution in [0.4, 0.5) is 17.1 Å². The zero-order valence-corrected chi connectivity index (χ0v) is 20.2. The third-order valence-electron chi connectivity index (χ3n) is 7.13. The van der Waals surface area contributed by atoms with E-state index in [9.17, 15) is 10.5 Å². The maximum absolute atomic E-state index is 10.1. The fourth-order valence-electron chi connectivity index (χ4n) is 5.52. The van der Waals surface area contributed by atoms with Crippen LogP contribution in [0.5, 0.6) is 11.5 Å². The first-order chi connectivity index (χ1) is 18.8. The molecule has 0 spiro atoms. The van der Waals surface area contributed by atoms with Crippen molar-refractivity contribution in [3.8, 4) is 34.8 Å². The number of para-hydroxylation sites is 4. The molecule has 4 nitrogen and oxygen atoms in total. The Morgan fingerprint density at radius 1 is 0.500 bits per heavy atom. The number of hydrogen-bond acceptors (Lipinski definition) is 4. The van der Waals surface area contributed by atoms with Crippen molar-refractivity contribution in [3.05, 3.63) is 126 Å². The van der Waals surface area contributed by atoms with Gasteiger partial charge in [-0.05, 0) is 52.7 Å². The zero-order chi connectivity index (χ0) is 25.6. The molecule has 0 aromatic heterocycles.